The predicted octanol–water partition coefficient (Wildman–Crippen LogP) is 1.03. The minimum absolute atomic E-state index is 0.0955. The molecule has 0 aliphatic heterocycles. The third kappa shape index (κ3) is 4.26. The first-order valence-electron chi connectivity index (χ1n) is 6.76. The van der Waals surface area contributed by atoms with Crippen LogP contribution in [0.15, 0.2) is 28.6 Å². The third-order valence-corrected chi connectivity index (χ3v) is 5.40. The highest BCUT2D eigenvalue weighted by molar-refractivity contribution is 7.94. The summed E-state index contributed by atoms with van der Waals surface area (Å²) >= 11 is 0.734. The van der Waals surface area contributed by atoms with E-state index in [0.717, 1.165) is 11.3 Å². The first kappa shape index (κ1) is 17.8. The number of nitrogens with one attached hydrogen (secondary N) is 2. The molecule has 24 heavy (non-hydrogen) atoms. The van der Waals surface area contributed by atoms with Crippen molar-refractivity contribution in [2.45, 2.75) is 18.2 Å². The van der Waals surface area contributed by atoms with Crippen molar-refractivity contribution in [2.75, 3.05) is 10.0 Å². The van der Waals surface area contributed by atoms with E-state index in [0.29, 0.717) is 0 Å². The molecule has 1 heterocycles. The van der Waals surface area contributed by atoms with Crippen LogP contribution in [0.25, 0.3) is 0 Å². The molecule has 2 rings (SSSR count). The molecule has 0 spiro atoms. The second-order valence-electron chi connectivity index (χ2n) is 5.06. The zero-order valence-electron chi connectivity index (χ0n) is 12.8. The van der Waals surface area contributed by atoms with Crippen LogP contribution in [0.2, 0.25) is 0 Å². The Labute approximate surface area is 142 Å². The van der Waals surface area contributed by atoms with Crippen LogP contribution < -0.4 is 15.8 Å². The van der Waals surface area contributed by atoms with Crippen molar-refractivity contribution >= 4 is 44.0 Å². The standard InChI is InChI=1S/C13H15N5O4S2/c1-7(2)11(20)15-12-16-17-13(23-12)24(21,22)18-9-5-3-8(4-6-9)10(14)19/h3-7,18H,1-2H3,(H2,14,19)(H,15,16,20). The first-order chi connectivity index (χ1) is 11.2. The van der Waals surface area contributed by atoms with Gasteiger partial charge in [-0.15, -0.1) is 10.2 Å². The van der Waals surface area contributed by atoms with Crippen LogP contribution in [-0.2, 0) is 14.8 Å². The number of primary amides is 1. The number of sulfonamides is 1. The lowest BCUT2D eigenvalue weighted by Crippen LogP contribution is -2.17. The highest BCUT2D eigenvalue weighted by atomic mass is 32.2. The van der Waals surface area contributed by atoms with Crippen LogP contribution in [0.5, 0.6) is 0 Å². The van der Waals surface area contributed by atoms with Crippen LogP contribution in [0.4, 0.5) is 10.8 Å². The summed E-state index contributed by atoms with van der Waals surface area (Å²) in [7, 11) is -3.95. The lowest BCUT2D eigenvalue weighted by atomic mass is 10.2. The van der Waals surface area contributed by atoms with Gasteiger partial charge in [-0.25, -0.2) is 0 Å². The Morgan fingerprint density at radius 3 is 2.33 bits per heavy atom. The van der Waals surface area contributed by atoms with Crippen LogP contribution >= 0.6 is 11.3 Å². The van der Waals surface area contributed by atoms with Crippen LogP contribution in [-0.4, -0.2) is 30.4 Å². The van der Waals surface area contributed by atoms with E-state index in [-0.39, 0.29) is 32.5 Å². The number of anilines is 2. The van der Waals surface area contributed by atoms with Gasteiger partial charge in [0.25, 0.3) is 14.4 Å². The summed E-state index contributed by atoms with van der Waals surface area (Å²) in [5.41, 5.74) is 5.61. The number of carbonyl (C=O) groups is 2. The molecule has 0 atom stereocenters. The first-order valence-corrected chi connectivity index (χ1v) is 9.06. The van der Waals surface area contributed by atoms with Crippen LogP contribution in [0.3, 0.4) is 0 Å². The van der Waals surface area contributed by atoms with E-state index >= 15 is 0 Å². The molecule has 1 aromatic heterocycles. The quantitative estimate of drug-likeness (QED) is 0.649. The molecular weight excluding hydrogens is 354 g/mol. The molecule has 9 nitrogen and oxygen atoms in total. The monoisotopic (exact) mass is 369 g/mol. The van der Waals surface area contributed by atoms with Gasteiger partial charge < -0.3 is 11.1 Å². The lowest BCUT2D eigenvalue weighted by molar-refractivity contribution is -0.118. The molecule has 0 saturated heterocycles. The average Bonchev–Trinajstić information content (AvgIpc) is 2.96. The molecule has 0 fully saturated rings. The molecule has 4 N–H and O–H groups in total. The van der Waals surface area contributed by atoms with Crippen molar-refractivity contribution in [2.24, 2.45) is 11.7 Å². The van der Waals surface area contributed by atoms with Gasteiger partial charge in [0.1, 0.15) is 0 Å². The Morgan fingerprint density at radius 1 is 1.17 bits per heavy atom. The van der Waals surface area contributed by atoms with Gasteiger partial charge in [-0.05, 0) is 24.3 Å². The Kier molecular flexibility index (Phi) is 5.14. The van der Waals surface area contributed by atoms with Gasteiger partial charge in [-0.1, -0.05) is 25.2 Å². The van der Waals surface area contributed by atoms with Crippen molar-refractivity contribution in [1.82, 2.24) is 10.2 Å². The fourth-order valence-corrected chi connectivity index (χ4v) is 3.48. The molecule has 0 radical (unpaired) electrons. The summed E-state index contributed by atoms with van der Waals surface area (Å²) in [4.78, 5) is 22.6. The minimum atomic E-state index is -3.95. The van der Waals surface area contributed by atoms with E-state index in [4.69, 9.17) is 5.73 Å². The molecule has 2 aromatic rings. The number of hydrogen-bond donors (Lipinski definition) is 3. The maximum atomic E-state index is 12.2. The smallest absolute Gasteiger partial charge is 0.291 e. The molecule has 0 unspecified atom stereocenters. The Morgan fingerprint density at radius 2 is 1.79 bits per heavy atom. The molecular formula is C13H15N5O4S2. The van der Waals surface area contributed by atoms with Gasteiger partial charge in [-0.2, -0.15) is 8.42 Å². The van der Waals surface area contributed by atoms with E-state index in [9.17, 15) is 18.0 Å². The molecule has 128 valence electrons. The molecule has 0 bridgehead atoms. The molecule has 1 aromatic carbocycles. The van der Waals surface area contributed by atoms with Crippen LogP contribution in [0, 0.1) is 5.92 Å². The Bertz CT molecular complexity index is 859. The summed E-state index contributed by atoms with van der Waals surface area (Å²) in [6.07, 6.45) is 0. The fourth-order valence-electron chi connectivity index (χ4n) is 1.52. The zero-order chi connectivity index (χ0) is 17.9. The van der Waals surface area contributed by atoms with E-state index in [1.54, 1.807) is 13.8 Å². The van der Waals surface area contributed by atoms with E-state index < -0.39 is 15.9 Å². The third-order valence-electron chi connectivity index (χ3n) is 2.81. The average molecular weight is 369 g/mol. The number of nitrogens with zero attached hydrogens (tertiary/aromatic N) is 2. The topological polar surface area (TPSA) is 144 Å². The van der Waals surface area contributed by atoms with Gasteiger partial charge in [0.15, 0.2) is 0 Å². The number of nitrogens with two attached hydrogens (primary N) is 1. The normalized spacial score (nSPS) is 11.3. The Balaban J connectivity index is 2.14. The number of hydrogen-bond acceptors (Lipinski definition) is 7. The Hall–Kier alpha value is -2.53. The maximum Gasteiger partial charge on any atom is 0.291 e. The summed E-state index contributed by atoms with van der Waals surface area (Å²) < 4.78 is 26.5. The summed E-state index contributed by atoms with van der Waals surface area (Å²) in [6.45, 7) is 3.40. The summed E-state index contributed by atoms with van der Waals surface area (Å²) in [6, 6.07) is 5.60. The van der Waals surface area contributed by atoms with Crippen molar-refractivity contribution in [1.29, 1.82) is 0 Å². The predicted molar refractivity (Wildman–Crippen MR) is 89.1 cm³/mol. The number of amides is 2. The number of rotatable bonds is 6. The molecule has 11 heteroatoms. The van der Waals surface area contributed by atoms with Gasteiger partial charge in [0.05, 0.1) is 0 Å². The maximum absolute atomic E-state index is 12.2. The van der Waals surface area contributed by atoms with Crippen molar-refractivity contribution < 1.29 is 18.0 Å². The van der Waals surface area contributed by atoms with E-state index in [1.807, 2.05) is 0 Å². The number of carbonyl (C=O) groups excluding carboxylic acids is 2. The van der Waals surface area contributed by atoms with E-state index in [1.165, 1.54) is 24.3 Å². The number of aromatic nitrogens is 2. The highest BCUT2D eigenvalue weighted by Crippen LogP contribution is 2.23. The SMILES string of the molecule is CC(C)C(=O)Nc1nnc(S(=O)(=O)Nc2ccc(C(N)=O)cc2)s1. The molecule has 0 aliphatic carbocycles. The second-order valence-corrected chi connectivity index (χ2v) is 7.90. The largest absolute Gasteiger partial charge is 0.366 e. The van der Waals surface area contributed by atoms with Crippen molar-refractivity contribution in [3.05, 3.63) is 29.8 Å². The molecule has 0 aliphatic rings. The van der Waals surface area contributed by atoms with Crippen molar-refractivity contribution in [3.8, 4) is 0 Å². The van der Waals surface area contributed by atoms with Crippen molar-refractivity contribution in [3.63, 3.8) is 0 Å². The van der Waals surface area contributed by atoms with Gasteiger partial charge >= 0.3 is 0 Å². The summed E-state index contributed by atoms with van der Waals surface area (Å²) in [5.74, 6) is -1.17. The zero-order valence-corrected chi connectivity index (χ0v) is 14.4. The summed E-state index contributed by atoms with van der Waals surface area (Å²) in [5, 5.41) is 9.79. The second kappa shape index (κ2) is 6.93. The molecule has 0 saturated carbocycles. The fraction of sp³-hybridized carbons (Fsp3) is 0.231. The van der Waals surface area contributed by atoms with E-state index in [2.05, 4.69) is 20.2 Å². The van der Waals surface area contributed by atoms with Gasteiger partial charge in [-0.3, -0.25) is 14.3 Å². The lowest BCUT2D eigenvalue weighted by Gasteiger charge is -2.05. The van der Waals surface area contributed by atoms with Crippen LogP contribution in [0.1, 0.15) is 24.2 Å². The molecule has 2 amide bonds. The van der Waals surface area contributed by atoms with Gasteiger partial charge in [0, 0.05) is 17.2 Å². The van der Waals surface area contributed by atoms with Gasteiger partial charge in [0.2, 0.25) is 16.9 Å². The minimum Gasteiger partial charge on any atom is -0.366 e. The number of benzene rings is 1. The highest BCUT2D eigenvalue weighted by Gasteiger charge is 2.21.